The van der Waals surface area contributed by atoms with Crippen LogP contribution in [-0.2, 0) is 0 Å². The average molecular weight is 141 g/mol. The summed E-state index contributed by atoms with van der Waals surface area (Å²) in [6, 6.07) is 1.99. The topological polar surface area (TPSA) is 32.6 Å². The molecule has 1 aromatic heterocycles. The molecule has 0 atom stereocenters. The Morgan fingerprint density at radius 3 is 3.00 bits per heavy atom. The summed E-state index contributed by atoms with van der Waals surface area (Å²) in [6.07, 6.45) is 1.44. The van der Waals surface area contributed by atoms with Crippen LogP contribution in [0, 0.1) is 6.92 Å². The lowest BCUT2D eigenvalue weighted by molar-refractivity contribution is 0.322. The second-order valence-electron chi connectivity index (χ2n) is 1.71. The van der Waals surface area contributed by atoms with Crippen LogP contribution < -0.4 is 0 Å². The van der Waals surface area contributed by atoms with E-state index >= 15 is 0 Å². The molecule has 0 unspecified atom stereocenters. The van der Waals surface area contributed by atoms with E-state index in [9.17, 15) is 0 Å². The van der Waals surface area contributed by atoms with Crippen molar-refractivity contribution in [2.45, 2.75) is 6.92 Å². The zero-order valence-electron chi connectivity index (χ0n) is 5.03. The Kier molecular flexibility index (Phi) is 1.85. The summed E-state index contributed by atoms with van der Waals surface area (Å²) in [4.78, 5) is 1.01. The van der Waals surface area contributed by atoms with Gasteiger partial charge in [-0.1, -0.05) is 5.16 Å². The Balaban J connectivity index is 2.94. The number of nitrogens with zero attached hydrogens (tertiary/aromatic N) is 1. The first-order valence-corrected chi connectivity index (χ1v) is 3.44. The Bertz CT molecular complexity index is 217. The average Bonchev–Trinajstić information content (AvgIpc) is 2.18. The smallest absolute Gasteiger partial charge is 0.0836 e. The highest BCUT2D eigenvalue weighted by atomic mass is 32.1. The maximum absolute atomic E-state index is 8.14. The van der Waals surface area contributed by atoms with Crippen molar-refractivity contribution in [2.75, 3.05) is 0 Å². The summed E-state index contributed by atoms with van der Waals surface area (Å²) < 4.78 is 0. The second kappa shape index (κ2) is 2.64. The van der Waals surface area contributed by atoms with Crippen molar-refractivity contribution < 1.29 is 5.21 Å². The molecule has 0 aromatic carbocycles. The first kappa shape index (κ1) is 6.29. The van der Waals surface area contributed by atoms with E-state index < -0.39 is 0 Å². The molecule has 0 aliphatic rings. The van der Waals surface area contributed by atoms with E-state index in [1.807, 2.05) is 18.4 Å². The van der Waals surface area contributed by atoms with Gasteiger partial charge in [-0.3, -0.25) is 0 Å². The van der Waals surface area contributed by atoms with Gasteiger partial charge in [-0.2, -0.15) is 0 Å². The molecule has 3 heteroatoms. The van der Waals surface area contributed by atoms with Crippen LogP contribution in [0.1, 0.15) is 10.4 Å². The van der Waals surface area contributed by atoms with Crippen LogP contribution in [-0.4, -0.2) is 11.4 Å². The van der Waals surface area contributed by atoms with E-state index in [1.54, 1.807) is 11.3 Å². The van der Waals surface area contributed by atoms with Crippen molar-refractivity contribution in [3.05, 3.63) is 21.9 Å². The quantitative estimate of drug-likeness (QED) is 0.361. The molecule has 0 aliphatic heterocycles. The summed E-state index contributed by atoms with van der Waals surface area (Å²) in [5, 5.41) is 13.0. The van der Waals surface area contributed by atoms with Gasteiger partial charge in [-0.25, -0.2) is 0 Å². The van der Waals surface area contributed by atoms with Crippen LogP contribution in [0.2, 0.25) is 0 Å². The summed E-state index contributed by atoms with van der Waals surface area (Å²) in [5.74, 6) is 0. The fourth-order valence-corrected chi connectivity index (χ4v) is 1.35. The fraction of sp³-hybridized carbons (Fsp3) is 0.167. The van der Waals surface area contributed by atoms with Crippen LogP contribution in [0.25, 0.3) is 0 Å². The summed E-state index contributed by atoms with van der Waals surface area (Å²) >= 11 is 1.56. The third-order valence-electron chi connectivity index (χ3n) is 1.08. The maximum atomic E-state index is 8.14. The number of thiophene rings is 1. The van der Waals surface area contributed by atoms with Crippen molar-refractivity contribution in [3.8, 4) is 0 Å². The van der Waals surface area contributed by atoms with Gasteiger partial charge in [-0.05, 0) is 23.9 Å². The molecular formula is C6H7NOS. The van der Waals surface area contributed by atoms with E-state index in [0.29, 0.717) is 0 Å². The molecule has 0 fully saturated rings. The zero-order valence-corrected chi connectivity index (χ0v) is 5.85. The minimum Gasteiger partial charge on any atom is -0.411 e. The van der Waals surface area contributed by atoms with Gasteiger partial charge in [0.05, 0.1) is 11.1 Å². The minimum atomic E-state index is 1.01. The van der Waals surface area contributed by atoms with Crippen molar-refractivity contribution in [3.63, 3.8) is 0 Å². The molecule has 0 amide bonds. The molecular weight excluding hydrogens is 134 g/mol. The molecule has 1 aromatic rings. The molecule has 0 spiro atoms. The number of hydrogen-bond donors (Lipinski definition) is 1. The van der Waals surface area contributed by atoms with E-state index in [0.717, 1.165) is 10.4 Å². The molecule has 9 heavy (non-hydrogen) atoms. The van der Waals surface area contributed by atoms with Gasteiger partial charge < -0.3 is 5.21 Å². The SMILES string of the molecule is Cc1ccsc1/C=N/O. The minimum absolute atomic E-state index is 1.01. The number of hydrogen-bond acceptors (Lipinski definition) is 3. The van der Waals surface area contributed by atoms with Crippen LogP contribution in [0.5, 0.6) is 0 Å². The molecule has 0 saturated heterocycles. The predicted octanol–water partition coefficient (Wildman–Crippen LogP) is 1.86. The third-order valence-corrected chi connectivity index (χ3v) is 2.03. The van der Waals surface area contributed by atoms with Crippen LogP contribution in [0.15, 0.2) is 16.6 Å². The fourth-order valence-electron chi connectivity index (χ4n) is 0.569. The monoisotopic (exact) mass is 141 g/mol. The van der Waals surface area contributed by atoms with E-state index in [2.05, 4.69) is 5.16 Å². The highest BCUT2D eigenvalue weighted by Crippen LogP contribution is 2.11. The number of rotatable bonds is 1. The van der Waals surface area contributed by atoms with Gasteiger partial charge in [0.15, 0.2) is 0 Å². The molecule has 0 saturated carbocycles. The van der Waals surface area contributed by atoms with Crippen molar-refractivity contribution >= 4 is 17.6 Å². The lowest BCUT2D eigenvalue weighted by atomic mass is 10.3. The first-order valence-electron chi connectivity index (χ1n) is 2.56. The van der Waals surface area contributed by atoms with Gasteiger partial charge in [0, 0.05) is 0 Å². The highest BCUT2D eigenvalue weighted by molar-refractivity contribution is 7.11. The van der Waals surface area contributed by atoms with Gasteiger partial charge in [0.25, 0.3) is 0 Å². The first-order chi connectivity index (χ1) is 4.34. The summed E-state index contributed by atoms with van der Waals surface area (Å²) in [7, 11) is 0. The van der Waals surface area contributed by atoms with E-state index in [1.165, 1.54) is 6.21 Å². The Labute approximate surface area is 57.4 Å². The molecule has 48 valence electrons. The Morgan fingerprint density at radius 2 is 2.56 bits per heavy atom. The van der Waals surface area contributed by atoms with Gasteiger partial charge in [-0.15, -0.1) is 11.3 Å². The normalized spacial score (nSPS) is 10.8. The maximum Gasteiger partial charge on any atom is 0.0836 e. The number of oxime groups is 1. The highest BCUT2D eigenvalue weighted by Gasteiger charge is 1.92. The van der Waals surface area contributed by atoms with Crippen LogP contribution in [0.4, 0.5) is 0 Å². The Hall–Kier alpha value is -0.830. The molecule has 0 radical (unpaired) electrons. The predicted molar refractivity (Wildman–Crippen MR) is 38.4 cm³/mol. The molecule has 0 aliphatic carbocycles. The van der Waals surface area contributed by atoms with E-state index in [-0.39, 0.29) is 0 Å². The molecule has 1 N–H and O–H groups in total. The molecule has 1 rings (SSSR count). The second-order valence-corrected chi connectivity index (χ2v) is 2.66. The van der Waals surface area contributed by atoms with Gasteiger partial charge in [0.1, 0.15) is 0 Å². The lowest BCUT2D eigenvalue weighted by Crippen LogP contribution is -1.75. The summed E-state index contributed by atoms with van der Waals surface area (Å²) in [5.41, 5.74) is 1.15. The van der Waals surface area contributed by atoms with E-state index in [4.69, 9.17) is 5.21 Å². The van der Waals surface area contributed by atoms with Crippen molar-refractivity contribution in [2.24, 2.45) is 5.16 Å². The van der Waals surface area contributed by atoms with Gasteiger partial charge in [0.2, 0.25) is 0 Å². The van der Waals surface area contributed by atoms with Crippen LogP contribution in [0.3, 0.4) is 0 Å². The van der Waals surface area contributed by atoms with Crippen molar-refractivity contribution in [1.82, 2.24) is 0 Å². The molecule has 2 nitrogen and oxygen atoms in total. The van der Waals surface area contributed by atoms with Crippen molar-refractivity contribution in [1.29, 1.82) is 0 Å². The molecule has 0 bridgehead atoms. The summed E-state index contributed by atoms with van der Waals surface area (Å²) in [6.45, 7) is 1.98. The third kappa shape index (κ3) is 1.29. The Morgan fingerprint density at radius 1 is 1.78 bits per heavy atom. The number of aryl methyl sites for hydroxylation is 1. The lowest BCUT2D eigenvalue weighted by Gasteiger charge is -1.82. The largest absolute Gasteiger partial charge is 0.411 e. The van der Waals surface area contributed by atoms with Gasteiger partial charge >= 0.3 is 0 Å². The zero-order chi connectivity index (χ0) is 6.69. The molecule has 1 heterocycles. The van der Waals surface area contributed by atoms with Crippen LogP contribution >= 0.6 is 11.3 Å². The standard InChI is InChI=1S/C6H7NOS/c1-5-2-3-9-6(5)4-7-8/h2-4,8H,1H3/b7-4+.